The smallest absolute Gasteiger partial charge is 0.191 e. The molecule has 1 aromatic heterocycles. The molecule has 0 amide bonds. The number of nitrogens with zero attached hydrogens (tertiary/aromatic N) is 3. The Bertz CT molecular complexity index is 327. The van der Waals surface area contributed by atoms with Crippen LogP contribution in [-0.2, 0) is 13.0 Å². The number of hydrogen-bond acceptors (Lipinski definition) is 3. The third-order valence-corrected chi connectivity index (χ3v) is 4.45. The third-order valence-electron chi connectivity index (χ3n) is 2.83. The monoisotopic (exact) mass is 303 g/mol. The molecule has 2 heterocycles. The van der Waals surface area contributed by atoms with Crippen molar-refractivity contribution >= 4 is 27.7 Å². The van der Waals surface area contributed by atoms with Crippen molar-refractivity contribution in [1.29, 1.82) is 0 Å². The Morgan fingerprint density at radius 1 is 1.19 bits per heavy atom. The lowest BCUT2D eigenvalue weighted by molar-refractivity contribution is 0.590. The van der Waals surface area contributed by atoms with Crippen LogP contribution in [0, 0.1) is 0 Å². The third kappa shape index (κ3) is 3.23. The van der Waals surface area contributed by atoms with Crippen LogP contribution in [0.25, 0.3) is 0 Å². The summed E-state index contributed by atoms with van der Waals surface area (Å²) in [4.78, 5) is 0. The van der Waals surface area contributed by atoms with Gasteiger partial charge in [0.2, 0.25) is 0 Å². The Hall–Kier alpha value is -0.0300. The molecule has 0 saturated heterocycles. The maximum atomic E-state index is 4.30. The van der Waals surface area contributed by atoms with E-state index >= 15 is 0 Å². The van der Waals surface area contributed by atoms with Crippen LogP contribution in [0.15, 0.2) is 5.16 Å². The molecule has 0 atom stereocenters. The second-order valence-corrected chi connectivity index (χ2v) is 5.96. The van der Waals surface area contributed by atoms with Crippen molar-refractivity contribution in [3.8, 4) is 0 Å². The van der Waals surface area contributed by atoms with Crippen LogP contribution >= 0.6 is 27.7 Å². The zero-order valence-electron chi connectivity index (χ0n) is 9.49. The molecule has 0 fully saturated rings. The number of aryl methyl sites for hydroxylation is 1. The van der Waals surface area contributed by atoms with E-state index < -0.39 is 0 Å². The van der Waals surface area contributed by atoms with E-state index in [1.165, 1.54) is 37.9 Å². The lowest BCUT2D eigenvalue weighted by atomic mass is 10.2. The van der Waals surface area contributed by atoms with Crippen molar-refractivity contribution in [2.45, 2.75) is 50.2 Å². The minimum Gasteiger partial charge on any atom is -0.306 e. The summed E-state index contributed by atoms with van der Waals surface area (Å²) >= 11 is 5.32. The molecular formula is C11H18BrN3S. The van der Waals surface area contributed by atoms with E-state index in [2.05, 4.69) is 30.7 Å². The molecule has 0 unspecified atom stereocenters. The minimum atomic E-state index is 1.10. The van der Waals surface area contributed by atoms with Crippen molar-refractivity contribution in [3.63, 3.8) is 0 Å². The summed E-state index contributed by atoms with van der Waals surface area (Å²) in [6.07, 6.45) is 7.48. The van der Waals surface area contributed by atoms with E-state index in [9.17, 15) is 0 Å². The van der Waals surface area contributed by atoms with Gasteiger partial charge in [-0.1, -0.05) is 34.1 Å². The first kappa shape index (κ1) is 12.4. The van der Waals surface area contributed by atoms with Gasteiger partial charge in [-0.05, 0) is 25.7 Å². The predicted octanol–water partition coefficient (Wildman–Crippen LogP) is 3.27. The second kappa shape index (κ2) is 6.64. The van der Waals surface area contributed by atoms with Gasteiger partial charge in [-0.3, -0.25) is 0 Å². The number of rotatable bonds is 5. The van der Waals surface area contributed by atoms with E-state index in [0.717, 1.165) is 29.2 Å². The molecule has 1 aromatic rings. The number of hydrogen-bond donors (Lipinski definition) is 0. The number of halogens is 1. The van der Waals surface area contributed by atoms with Gasteiger partial charge >= 0.3 is 0 Å². The maximum absolute atomic E-state index is 4.30. The lowest BCUT2D eigenvalue weighted by Gasteiger charge is -2.05. The Kier molecular flexibility index (Phi) is 5.16. The first-order valence-electron chi connectivity index (χ1n) is 6.02. The fraction of sp³-hybridized carbons (Fsp3) is 0.818. The Morgan fingerprint density at radius 3 is 3.00 bits per heavy atom. The highest BCUT2D eigenvalue weighted by Gasteiger charge is 2.14. The number of fused-ring (bicyclic) bond motifs is 1. The first-order chi connectivity index (χ1) is 7.92. The van der Waals surface area contributed by atoms with Gasteiger partial charge in [0.15, 0.2) is 5.16 Å². The highest BCUT2D eigenvalue weighted by molar-refractivity contribution is 9.09. The summed E-state index contributed by atoms with van der Waals surface area (Å²) in [7, 11) is 0. The van der Waals surface area contributed by atoms with E-state index in [1.807, 2.05) is 11.8 Å². The van der Waals surface area contributed by atoms with Crippen molar-refractivity contribution in [1.82, 2.24) is 14.8 Å². The van der Waals surface area contributed by atoms with Gasteiger partial charge in [0.1, 0.15) is 5.82 Å². The average molecular weight is 304 g/mol. The highest BCUT2D eigenvalue weighted by Crippen LogP contribution is 2.22. The zero-order valence-corrected chi connectivity index (χ0v) is 11.9. The van der Waals surface area contributed by atoms with Crippen molar-refractivity contribution in [3.05, 3.63) is 5.82 Å². The van der Waals surface area contributed by atoms with Gasteiger partial charge in [-0.15, -0.1) is 10.2 Å². The van der Waals surface area contributed by atoms with E-state index in [0.29, 0.717) is 0 Å². The summed E-state index contributed by atoms with van der Waals surface area (Å²) in [5.41, 5.74) is 0. The molecule has 0 aromatic carbocycles. The quantitative estimate of drug-likeness (QED) is 0.475. The molecule has 0 N–H and O–H groups in total. The summed E-state index contributed by atoms with van der Waals surface area (Å²) < 4.78 is 2.33. The Labute approximate surface area is 110 Å². The van der Waals surface area contributed by atoms with Gasteiger partial charge in [-0.25, -0.2) is 0 Å². The fourth-order valence-electron chi connectivity index (χ4n) is 1.93. The van der Waals surface area contributed by atoms with E-state index in [4.69, 9.17) is 0 Å². The Balaban J connectivity index is 1.91. The van der Waals surface area contributed by atoms with Crippen molar-refractivity contribution in [2.24, 2.45) is 0 Å². The standard InChI is InChI=1S/C11H18BrN3S/c12-7-3-5-9-16-11-14-13-10-6-2-1-4-8-15(10)11/h1-9H2. The van der Waals surface area contributed by atoms with Crippen LogP contribution < -0.4 is 0 Å². The molecule has 1 aliphatic heterocycles. The molecule has 1 aliphatic rings. The molecular weight excluding hydrogens is 286 g/mol. The summed E-state index contributed by atoms with van der Waals surface area (Å²) in [5, 5.41) is 10.8. The normalized spacial score (nSPS) is 15.8. The molecule has 3 nitrogen and oxygen atoms in total. The largest absolute Gasteiger partial charge is 0.306 e. The average Bonchev–Trinajstić information content (AvgIpc) is 2.54. The predicted molar refractivity (Wildman–Crippen MR) is 71.3 cm³/mol. The highest BCUT2D eigenvalue weighted by atomic mass is 79.9. The summed E-state index contributed by atoms with van der Waals surface area (Å²) in [6.45, 7) is 1.11. The van der Waals surface area contributed by atoms with Crippen molar-refractivity contribution in [2.75, 3.05) is 11.1 Å². The lowest BCUT2D eigenvalue weighted by Crippen LogP contribution is -2.02. The van der Waals surface area contributed by atoms with Gasteiger partial charge in [0, 0.05) is 24.0 Å². The van der Waals surface area contributed by atoms with Crippen molar-refractivity contribution < 1.29 is 0 Å². The first-order valence-corrected chi connectivity index (χ1v) is 8.13. The minimum absolute atomic E-state index is 1.10. The number of aromatic nitrogens is 3. The van der Waals surface area contributed by atoms with E-state index in [-0.39, 0.29) is 0 Å². The number of alkyl halides is 1. The molecule has 0 saturated carbocycles. The van der Waals surface area contributed by atoms with E-state index in [1.54, 1.807) is 0 Å². The molecule has 5 heteroatoms. The van der Waals surface area contributed by atoms with Gasteiger partial charge in [0.05, 0.1) is 0 Å². The summed E-state index contributed by atoms with van der Waals surface area (Å²) in [6, 6.07) is 0. The summed E-state index contributed by atoms with van der Waals surface area (Å²) in [5.74, 6) is 2.35. The molecule has 90 valence electrons. The van der Waals surface area contributed by atoms with Crippen LogP contribution in [0.3, 0.4) is 0 Å². The topological polar surface area (TPSA) is 30.7 Å². The van der Waals surface area contributed by atoms with Crippen LogP contribution in [0.4, 0.5) is 0 Å². The molecule has 16 heavy (non-hydrogen) atoms. The molecule has 0 aliphatic carbocycles. The van der Waals surface area contributed by atoms with Gasteiger partial charge in [0.25, 0.3) is 0 Å². The maximum Gasteiger partial charge on any atom is 0.191 e. The van der Waals surface area contributed by atoms with Crippen LogP contribution in [0.5, 0.6) is 0 Å². The zero-order chi connectivity index (χ0) is 11.2. The van der Waals surface area contributed by atoms with Crippen LogP contribution in [0.2, 0.25) is 0 Å². The molecule has 0 radical (unpaired) electrons. The Morgan fingerprint density at radius 2 is 2.12 bits per heavy atom. The number of thioether (sulfide) groups is 1. The fourth-order valence-corrected chi connectivity index (χ4v) is 3.30. The van der Waals surface area contributed by atoms with Crippen LogP contribution in [-0.4, -0.2) is 25.8 Å². The van der Waals surface area contributed by atoms with Crippen LogP contribution in [0.1, 0.15) is 37.9 Å². The number of unbranched alkanes of at least 4 members (excludes halogenated alkanes) is 1. The molecule has 0 spiro atoms. The molecule has 2 rings (SSSR count). The SMILES string of the molecule is BrCCCCSc1nnc2n1CCCCC2. The van der Waals surface area contributed by atoms with Gasteiger partial charge < -0.3 is 4.57 Å². The van der Waals surface area contributed by atoms with Gasteiger partial charge in [-0.2, -0.15) is 0 Å². The molecule has 0 bridgehead atoms. The second-order valence-electron chi connectivity index (χ2n) is 4.11.